The van der Waals surface area contributed by atoms with Crippen LogP contribution in [0.4, 0.5) is 0 Å². The van der Waals surface area contributed by atoms with Gasteiger partial charge in [-0.1, -0.05) is 0 Å². The lowest BCUT2D eigenvalue weighted by molar-refractivity contribution is 0.414. The third-order valence-corrected chi connectivity index (χ3v) is 2.47. The summed E-state index contributed by atoms with van der Waals surface area (Å²) >= 11 is 0. The molecule has 0 saturated heterocycles. The van der Waals surface area contributed by atoms with Crippen molar-refractivity contribution in [1.29, 1.82) is 0 Å². The highest BCUT2D eigenvalue weighted by molar-refractivity contribution is 5.37. The zero-order valence-electron chi connectivity index (χ0n) is 9.56. The second kappa shape index (κ2) is 4.29. The highest BCUT2D eigenvalue weighted by Gasteiger charge is 2.03. The van der Waals surface area contributed by atoms with Gasteiger partial charge in [0.05, 0.1) is 12.8 Å². The zero-order valence-corrected chi connectivity index (χ0v) is 9.56. The molecule has 0 bridgehead atoms. The van der Waals surface area contributed by atoms with Gasteiger partial charge in [-0.05, 0) is 31.2 Å². The minimum Gasteiger partial charge on any atom is -0.497 e. The van der Waals surface area contributed by atoms with Crippen LogP contribution in [0.2, 0.25) is 0 Å². The molecule has 1 aromatic carbocycles. The van der Waals surface area contributed by atoms with Gasteiger partial charge in [0, 0.05) is 11.8 Å². The fraction of sp³-hybridized carbons (Fsp3) is 0.167. The Morgan fingerprint density at radius 3 is 2.41 bits per heavy atom. The molecule has 5 nitrogen and oxygen atoms in total. The zero-order chi connectivity index (χ0) is 12.4. The van der Waals surface area contributed by atoms with Crippen molar-refractivity contribution in [1.82, 2.24) is 9.55 Å². The van der Waals surface area contributed by atoms with Crippen molar-refractivity contribution < 1.29 is 4.74 Å². The monoisotopic (exact) mass is 232 g/mol. The van der Waals surface area contributed by atoms with Gasteiger partial charge >= 0.3 is 5.69 Å². The molecule has 0 unspecified atom stereocenters. The van der Waals surface area contributed by atoms with E-state index < -0.39 is 5.69 Å². The lowest BCUT2D eigenvalue weighted by atomic mass is 10.3. The number of hydrogen-bond acceptors (Lipinski definition) is 3. The number of methoxy groups -OCH3 is 1. The highest BCUT2D eigenvalue weighted by atomic mass is 16.5. The molecule has 0 fully saturated rings. The maximum absolute atomic E-state index is 11.6. The van der Waals surface area contributed by atoms with E-state index in [4.69, 9.17) is 4.74 Å². The van der Waals surface area contributed by atoms with Crippen molar-refractivity contribution in [2.45, 2.75) is 6.92 Å². The topological polar surface area (TPSA) is 64.1 Å². The van der Waals surface area contributed by atoms with Crippen LogP contribution >= 0.6 is 0 Å². The molecule has 2 aromatic rings. The summed E-state index contributed by atoms with van der Waals surface area (Å²) in [5.74, 6) is 0.711. The number of H-pyrrole nitrogens is 1. The smallest absolute Gasteiger partial charge is 0.332 e. The first-order valence-electron chi connectivity index (χ1n) is 5.09. The van der Waals surface area contributed by atoms with Gasteiger partial charge in [0.2, 0.25) is 0 Å². The first kappa shape index (κ1) is 11.2. The van der Waals surface area contributed by atoms with Crippen LogP contribution < -0.4 is 16.0 Å². The standard InChI is InChI=1S/C12H12N2O3/c1-8-7-14(12(16)13-11(8)15)9-3-5-10(17-2)6-4-9/h3-7H,1-2H3,(H,13,15,16). The number of nitrogens with one attached hydrogen (secondary N) is 1. The largest absolute Gasteiger partial charge is 0.497 e. The van der Waals surface area contributed by atoms with Crippen LogP contribution in [0, 0.1) is 6.92 Å². The molecule has 2 rings (SSSR count). The number of ether oxygens (including phenoxy) is 1. The van der Waals surface area contributed by atoms with Crippen LogP contribution in [0.1, 0.15) is 5.56 Å². The average Bonchev–Trinajstić information content (AvgIpc) is 2.34. The summed E-state index contributed by atoms with van der Waals surface area (Å²) in [6.45, 7) is 1.65. The van der Waals surface area contributed by atoms with Crippen molar-refractivity contribution in [2.75, 3.05) is 7.11 Å². The van der Waals surface area contributed by atoms with Crippen LogP contribution in [0.15, 0.2) is 40.1 Å². The molecule has 0 amide bonds. The lowest BCUT2D eigenvalue weighted by Gasteiger charge is -2.06. The number of aromatic amines is 1. The molecule has 0 saturated carbocycles. The number of aromatic nitrogens is 2. The van der Waals surface area contributed by atoms with E-state index in [-0.39, 0.29) is 5.56 Å². The molecule has 0 aliphatic rings. The normalized spacial score (nSPS) is 10.2. The molecule has 0 spiro atoms. The van der Waals surface area contributed by atoms with Gasteiger partial charge in [-0.25, -0.2) is 4.79 Å². The second-order valence-electron chi connectivity index (χ2n) is 3.64. The van der Waals surface area contributed by atoms with Crippen LogP contribution in [-0.4, -0.2) is 16.7 Å². The second-order valence-corrected chi connectivity index (χ2v) is 3.64. The summed E-state index contributed by atoms with van der Waals surface area (Å²) in [6.07, 6.45) is 1.52. The molecule has 1 aromatic heterocycles. The number of benzene rings is 1. The molecule has 88 valence electrons. The summed E-state index contributed by atoms with van der Waals surface area (Å²) in [5.41, 5.74) is 0.348. The van der Waals surface area contributed by atoms with Crippen molar-refractivity contribution in [3.63, 3.8) is 0 Å². The van der Waals surface area contributed by atoms with Crippen LogP contribution in [0.25, 0.3) is 5.69 Å². The van der Waals surface area contributed by atoms with Crippen LogP contribution in [0.3, 0.4) is 0 Å². The van der Waals surface area contributed by atoms with E-state index >= 15 is 0 Å². The Hall–Kier alpha value is -2.30. The molecule has 0 aliphatic heterocycles. The van der Waals surface area contributed by atoms with Crippen molar-refractivity contribution in [3.05, 3.63) is 56.9 Å². The van der Waals surface area contributed by atoms with E-state index in [9.17, 15) is 9.59 Å². The summed E-state index contributed by atoms with van der Waals surface area (Å²) < 4.78 is 6.42. The van der Waals surface area contributed by atoms with E-state index in [0.29, 0.717) is 17.0 Å². The Morgan fingerprint density at radius 2 is 1.82 bits per heavy atom. The van der Waals surface area contributed by atoms with Gasteiger partial charge in [0.15, 0.2) is 0 Å². The third kappa shape index (κ3) is 2.13. The maximum atomic E-state index is 11.6. The van der Waals surface area contributed by atoms with Crippen molar-refractivity contribution in [3.8, 4) is 11.4 Å². The molecule has 0 atom stereocenters. The van der Waals surface area contributed by atoms with Gasteiger partial charge < -0.3 is 4.74 Å². The molecular weight excluding hydrogens is 220 g/mol. The highest BCUT2D eigenvalue weighted by Crippen LogP contribution is 2.13. The summed E-state index contributed by atoms with van der Waals surface area (Å²) in [6, 6.07) is 7.00. The molecule has 1 heterocycles. The molecule has 0 radical (unpaired) electrons. The minimum atomic E-state index is -0.453. The Bertz CT molecular complexity index is 638. The average molecular weight is 232 g/mol. The molecule has 5 heteroatoms. The van der Waals surface area contributed by atoms with Gasteiger partial charge in [0.1, 0.15) is 5.75 Å². The summed E-state index contributed by atoms with van der Waals surface area (Å²) in [5, 5.41) is 0. The number of rotatable bonds is 2. The van der Waals surface area contributed by atoms with E-state index in [1.54, 1.807) is 38.3 Å². The fourth-order valence-electron chi connectivity index (χ4n) is 1.50. The third-order valence-electron chi connectivity index (χ3n) is 2.47. The number of aryl methyl sites for hydroxylation is 1. The minimum absolute atomic E-state index is 0.361. The Balaban J connectivity index is 2.56. The Kier molecular flexibility index (Phi) is 2.82. The molecule has 1 N–H and O–H groups in total. The maximum Gasteiger partial charge on any atom is 0.332 e. The van der Waals surface area contributed by atoms with Gasteiger partial charge in [-0.15, -0.1) is 0 Å². The van der Waals surface area contributed by atoms with Crippen molar-refractivity contribution >= 4 is 0 Å². The van der Waals surface area contributed by atoms with Crippen LogP contribution in [0.5, 0.6) is 5.75 Å². The van der Waals surface area contributed by atoms with E-state index in [0.717, 1.165) is 0 Å². The Morgan fingerprint density at radius 1 is 1.18 bits per heavy atom. The molecule has 0 aliphatic carbocycles. The predicted molar refractivity (Wildman–Crippen MR) is 63.9 cm³/mol. The van der Waals surface area contributed by atoms with Gasteiger partial charge in [-0.3, -0.25) is 14.3 Å². The van der Waals surface area contributed by atoms with Gasteiger partial charge in [0.25, 0.3) is 5.56 Å². The Labute approximate surface area is 97.3 Å². The molecular formula is C12H12N2O3. The van der Waals surface area contributed by atoms with Crippen LogP contribution in [-0.2, 0) is 0 Å². The summed E-state index contributed by atoms with van der Waals surface area (Å²) in [7, 11) is 1.57. The van der Waals surface area contributed by atoms with Gasteiger partial charge in [-0.2, -0.15) is 0 Å². The summed E-state index contributed by atoms with van der Waals surface area (Å²) in [4.78, 5) is 25.1. The van der Waals surface area contributed by atoms with E-state index in [1.165, 1.54) is 10.8 Å². The lowest BCUT2D eigenvalue weighted by Crippen LogP contribution is -2.29. The predicted octanol–water partition coefficient (Wildman–Crippen LogP) is 0.843. The quantitative estimate of drug-likeness (QED) is 0.834. The van der Waals surface area contributed by atoms with E-state index in [2.05, 4.69) is 4.98 Å². The number of hydrogen-bond donors (Lipinski definition) is 1. The fourth-order valence-corrected chi connectivity index (χ4v) is 1.50. The first-order valence-corrected chi connectivity index (χ1v) is 5.09. The first-order chi connectivity index (χ1) is 8.11. The van der Waals surface area contributed by atoms with E-state index in [1.807, 2.05) is 0 Å². The number of nitrogens with zero attached hydrogens (tertiary/aromatic N) is 1. The SMILES string of the molecule is COc1ccc(-n2cc(C)c(=O)[nH]c2=O)cc1. The molecule has 17 heavy (non-hydrogen) atoms. The van der Waals surface area contributed by atoms with Crippen molar-refractivity contribution in [2.24, 2.45) is 0 Å².